The number of Topliss-reactive ketones (excluding diaryl/α,β-unsaturated/α-hetero) is 1. The van der Waals surface area contributed by atoms with Crippen molar-refractivity contribution in [2.24, 2.45) is 0 Å². The number of carbonyl (C=O) groups is 1. The summed E-state index contributed by atoms with van der Waals surface area (Å²) in [6.07, 6.45) is 0.537. The highest BCUT2D eigenvalue weighted by molar-refractivity contribution is 7.80. The summed E-state index contributed by atoms with van der Waals surface area (Å²) in [7, 11) is 0. The average molecular weight is 209 g/mol. The van der Waals surface area contributed by atoms with Gasteiger partial charge in [-0.2, -0.15) is 12.6 Å². The van der Waals surface area contributed by atoms with Gasteiger partial charge in [-0.15, -0.1) is 0 Å². The van der Waals surface area contributed by atoms with Gasteiger partial charge in [0.2, 0.25) is 5.78 Å². The highest BCUT2D eigenvalue weighted by Crippen LogP contribution is 2.20. The topological polar surface area (TPSA) is 44.6 Å². The summed E-state index contributed by atoms with van der Waals surface area (Å²) in [5.41, 5.74) is 1.15. The van der Waals surface area contributed by atoms with Gasteiger partial charge in [-0.25, -0.2) is 0 Å². The first-order valence-electron chi connectivity index (χ1n) is 4.54. The molecule has 14 heavy (non-hydrogen) atoms. The largest absolute Gasteiger partial charge is 0.628 e. The molecule has 1 heterocycles. The average Bonchev–Trinajstić information content (AvgIpc) is 2.45. The number of para-hydroxylation sites is 1. The van der Waals surface area contributed by atoms with Crippen molar-refractivity contribution in [1.29, 1.82) is 0 Å². The van der Waals surface area contributed by atoms with Gasteiger partial charge in [0, 0.05) is 12.5 Å². The van der Waals surface area contributed by atoms with Gasteiger partial charge < -0.3 is 10.3 Å². The maximum Gasteiger partial charge on any atom is 0.226 e. The predicted molar refractivity (Wildman–Crippen MR) is 57.0 cm³/mol. The molecule has 0 fully saturated rings. The minimum Gasteiger partial charge on any atom is -0.628 e. The van der Waals surface area contributed by atoms with Gasteiger partial charge in [0.25, 0.3) is 0 Å². The molecule has 0 spiro atoms. The molecular weight excluding hydrogens is 198 g/mol. The number of ketones is 1. The van der Waals surface area contributed by atoms with Crippen LogP contribution in [0.5, 0.6) is 0 Å². The number of hydroxylamine groups is 1. The first-order chi connectivity index (χ1) is 6.75. The Hall–Kier alpha value is -0.840. The van der Waals surface area contributed by atoms with Crippen molar-refractivity contribution in [3.8, 4) is 0 Å². The molecule has 2 rings (SSSR count). The number of rotatable bonds is 2. The van der Waals surface area contributed by atoms with Crippen LogP contribution in [0.3, 0.4) is 0 Å². The SMILES string of the molecule is O=C1c2ccccc2[NH+]([O-])C1CCS. The van der Waals surface area contributed by atoms with Gasteiger partial charge in [0.1, 0.15) is 5.69 Å². The van der Waals surface area contributed by atoms with E-state index in [-0.39, 0.29) is 10.8 Å². The van der Waals surface area contributed by atoms with Crippen LogP contribution in [-0.4, -0.2) is 17.6 Å². The molecule has 0 amide bonds. The summed E-state index contributed by atoms with van der Waals surface area (Å²) in [5.74, 6) is 0.524. The highest BCUT2D eigenvalue weighted by Gasteiger charge is 2.36. The van der Waals surface area contributed by atoms with Crippen LogP contribution in [0.4, 0.5) is 5.69 Å². The van der Waals surface area contributed by atoms with Crippen LogP contribution in [-0.2, 0) is 0 Å². The van der Waals surface area contributed by atoms with E-state index in [1.54, 1.807) is 24.3 Å². The molecule has 0 bridgehead atoms. The summed E-state index contributed by atoms with van der Waals surface area (Å²) in [6.45, 7) is 0. The fourth-order valence-corrected chi connectivity index (χ4v) is 2.06. The summed E-state index contributed by atoms with van der Waals surface area (Å²) in [4.78, 5) is 11.7. The van der Waals surface area contributed by atoms with Crippen molar-refractivity contribution in [2.75, 3.05) is 5.75 Å². The Morgan fingerprint density at radius 3 is 2.79 bits per heavy atom. The zero-order chi connectivity index (χ0) is 10.1. The van der Waals surface area contributed by atoms with Gasteiger partial charge >= 0.3 is 0 Å². The van der Waals surface area contributed by atoms with E-state index in [9.17, 15) is 10.0 Å². The van der Waals surface area contributed by atoms with E-state index >= 15 is 0 Å². The molecule has 2 atom stereocenters. The van der Waals surface area contributed by atoms with E-state index in [1.165, 1.54) is 0 Å². The normalized spacial score (nSPS) is 25.1. The van der Waals surface area contributed by atoms with Gasteiger partial charge in [-0.3, -0.25) is 4.79 Å². The summed E-state index contributed by atoms with van der Waals surface area (Å²) < 4.78 is 0. The van der Waals surface area contributed by atoms with Crippen LogP contribution >= 0.6 is 12.6 Å². The van der Waals surface area contributed by atoms with Gasteiger partial charge in [-0.1, -0.05) is 12.1 Å². The fourth-order valence-electron chi connectivity index (χ4n) is 1.80. The van der Waals surface area contributed by atoms with Gasteiger partial charge in [0.15, 0.2) is 6.04 Å². The van der Waals surface area contributed by atoms with Crippen molar-refractivity contribution in [3.63, 3.8) is 0 Å². The number of carbonyl (C=O) groups excluding carboxylic acids is 1. The minimum atomic E-state index is -0.482. The monoisotopic (exact) mass is 209 g/mol. The first kappa shape index (κ1) is 9.71. The lowest BCUT2D eigenvalue weighted by Gasteiger charge is -2.22. The standard InChI is InChI=1S/C10H11NO2S/c12-10-7-3-1-2-4-8(7)11(13)9(10)5-6-14/h1-4,9,11,14H,5-6H2. The quantitative estimate of drug-likeness (QED) is 0.553. The van der Waals surface area contributed by atoms with Gasteiger partial charge in [0.05, 0.1) is 5.56 Å². The molecule has 3 nitrogen and oxygen atoms in total. The molecule has 0 radical (unpaired) electrons. The third kappa shape index (κ3) is 1.35. The second-order valence-electron chi connectivity index (χ2n) is 3.34. The lowest BCUT2D eigenvalue weighted by atomic mass is 10.1. The number of quaternary nitrogens is 1. The van der Waals surface area contributed by atoms with Crippen molar-refractivity contribution in [3.05, 3.63) is 35.0 Å². The third-order valence-electron chi connectivity index (χ3n) is 2.51. The molecule has 1 N–H and O–H groups in total. The van der Waals surface area contributed by atoms with Crippen LogP contribution < -0.4 is 5.06 Å². The van der Waals surface area contributed by atoms with Crippen LogP contribution in [0.25, 0.3) is 0 Å². The minimum absolute atomic E-state index is 0.0420. The Morgan fingerprint density at radius 1 is 1.43 bits per heavy atom. The number of hydrogen-bond acceptors (Lipinski definition) is 3. The maximum atomic E-state index is 11.7. The van der Waals surface area contributed by atoms with Crippen molar-refractivity contribution < 1.29 is 9.86 Å². The number of benzene rings is 1. The lowest BCUT2D eigenvalue weighted by molar-refractivity contribution is -0.790. The Balaban J connectivity index is 2.38. The van der Waals surface area contributed by atoms with E-state index < -0.39 is 6.04 Å². The highest BCUT2D eigenvalue weighted by atomic mass is 32.1. The summed E-state index contributed by atoms with van der Waals surface area (Å²) in [5, 5.41) is 11.7. The Bertz CT molecular complexity index is 367. The molecule has 0 saturated heterocycles. The van der Waals surface area contributed by atoms with Crippen LogP contribution in [0.1, 0.15) is 16.8 Å². The zero-order valence-corrected chi connectivity index (χ0v) is 8.46. The van der Waals surface area contributed by atoms with Gasteiger partial charge in [-0.05, 0) is 11.8 Å². The van der Waals surface area contributed by atoms with E-state index in [1.807, 2.05) is 0 Å². The second kappa shape index (κ2) is 3.73. The fraction of sp³-hybridized carbons (Fsp3) is 0.300. The van der Waals surface area contributed by atoms with E-state index in [4.69, 9.17) is 0 Å². The predicted octanol–water partition coefficient (Wildman–Crippen LogP) is 0.586. The Labute approximate surface area is 87.7 Å². The van der Waals surface area contributed by atoms with Crippen LogP contribution in [0, 0.1) is 5.21 Å². The van der Waals surface area contributed by atoms with Crippen molar-refractivity contribution >= 4 is 24.1 Å². The molecule has 1 aliphatic rings. The number of hydrogen-bond donors (Lipinski definition) is 2. The molecule has 0 aliphatic carbocycles. The number of fused-ring (bicyclic) bond motifs is 1. The third-order valence-corrected chi connectivity index (χ3v) is 2.77. The van der Waals surface area contributed by atoms with Crippen LogP contribution in [0.2, 0.25) is 0 Å². The molecule has 74 valence electrons. The first-order valence-corrected chi connectivity index (χ1v) is 5.17. The number of thiol groups is 1. The Kier molecular flexibility index (Phi) is 2.58. The molecule has 0 saturated carbocycles. The lowest BCUT2D eigenvalue weighted by Crippen LogP contribution is -3.05. The molecule has 0 aromatic heterocycles. The van der Waals surface area contributed by atoms with E-state index in [2.05, 4.69) is 12.6 Å². The molecule has 1 aromatic rings. The molecule has 2 unspecified atom stereocenters. The van der Waals surface area contributed by atoms with Crippen molar-refractivity contribution in [1.82, 2.24) is 0 Å². The molecule has 4 heteroatoms. The Morgan fingerprint density at radius 2 is 2.14 bits per heavy atom. The second-order valence-corrected chi connectivity index (χ2v) is 3.79. The van der Waals surface area contributed by atoms with E-state index in [0.29, 0.717) is 23.4 Å². The summed E-state index contributed by atoms with van der Waals surface area (Å²) >= 11 is 4.05. The molecule has 1 aromatic carbocycles. The van der Waals surface area contributed by atoms with E-state index in [0.717, 1.165) is 0 Å². The smallest absolute Gasteiger partial charge is 0.226 e. The maximum absolute atomic E-state index is 11.7. The zero-order valence-electron chi connectivity index (χ0n) is 7.56. The molecular formula is C10H11NO2S. The molecule has 1 aliphatic heterocycles. The number of nitrogens with one attached hydrogen (secondary N) is 1. The summed E-state index contributed by atoms with van der Waals surface area (Å²) in [6, 6.07) is 6.52. The van der Waals surface area contributed by atoms with Crippen molar-refractivity contribution in [2.45, 2.75) is 12.5 Å². The van der Waals surface area contributed by atoms with Crippen LogP contribution in [0.15, 0.2) is 24.3 Å².